The van der Waals surface area contributed by atoms with Gasteiger partial charge < -0.3 is 114 Å². The highest BCUT2D eigenvalue weighted by molar-refractivity contribution is 5.88. The molecule has 20 atom stereocenters. The molecule has 350 valence electrons. The van der Waals surface area contributed by atoms with Crippen LogP contribution in [0.1, 0.15) is 13.8 Å². The fourth-order valence-corrected chi connectivity index (χ4v) is 7.68. The second-order valence-electron chi connectivity index (χ2n) is 15.7. The van der Waals surface area contributed by atoms with Crippen molar-refractivity contribution in [3.05, 3.63) is 46.6 Å². The lowest BCUT2D eigenvalue weighted by Gasteiger charge is -2.47. The fraction of sp³-hybridized carbons (Fsp3) is 0.615. The van der Waals surface area contributed by atoms with Crippen LogP contribution in [0.3, 0.4) is 0 Å². The highest BCUT2D eigenvalue weighted by atomic mass is 16.8. The molecule has 24 nitrogen and oxygen atoms in total. The van der Waals surface area contributed by atoms with Gasteiger partial charge in [-0.3, -0.25) is 4.79 Å². The normalized spacial score (nSPS) is 41.1. The fourth-order valence-electron chi connectivity index (χ4n) is 7.68. The van der Waals surface area contributed by atoms with Gasteiger partial charge in [-0.25, -0.2) is 0 Å². The second-order valence-corrected chi connectivity index (χ2v) is 15.7. The van der Waals surface area contributed by atoms with Crippen molar-refractivity contribution < 1.29 is 114 Å². The summed E-state index contributed by atoms with van der Waals surface area (Å²) in [6, 6.07) is 7.01. The molecule has 20 unspecified atom stereocenters. The monoisotopic (exact) mass is 902 g/mol. The topological polar surface area (TPSA) is 387 Å². The third-order valence-electron chi connectivity index (χ3n) is 11.4. The molecule has 63 heavy (non-hydrogen) atoms. The van der Waals surface area contributed by atoms with Crippen molar-refractivity contribution in [2.45, 2.75) is 137 Å². The molecular formula is C39H50O24. The SMILES string of the molecule is CC1OC(OC2C(Oc3c(-c4ccc(O)cc4)oc4cc(O)cc(O)c4c3=O)OC(COC3OC(C)C(O)C(OC4OC(CO)C(O)C(O)C4O)C3O)C(O)C2O)C(O)C(O)C1O. The Balaban J connectivity index is 1.19. The summed E-state index contributed by atoms with van der Waals surface area (Å²) in [6.45, 7) is 1.11. The molecule has 4 saturated heterocycles. The number of benzene rings is 2. The molecule has 3 aromatic rings. The molecule has 0 saturated carbocycles. The smallest absolute Gasteiger partial charge is 0.239 e. The van der Waals surface area contributed by atoms with Crippen LogP contribution in [-0.4, -0.2) is 208 Å². The second kappa shape index (κ2) is 18.9. The maximum absolute atomic E-state index is 14.2. The van der Waals surface area contributed by atoms with Crippen molar-refractivity contribution in [3.8, 4) is 34.3 Å². The lowest BCUT2D eigenvalue weighted by molar-refractivity contribution is -0.368. The largest absolute Gasteiger partial charge is 0.508 e. The van der Waals surface area contributed by atoms with E-state index in [0.29, 0.717) is 0 Å². The summed E-state index contributed by atoms with van der Waals surface area (Å²) in [5.41, 5.74) is -1.28. The Kier molecular flexibility index (Phi) is 14.1. The standard InChI is InChI=1S/C39H50O24/c1-11-21(44)26(49)29(52)37(57-11)63-35-28(51)24(47)19(10-55-36-31(54)33(22(45)12(2)56-36)61-38-30(53)27(50)23(46)18(9-40)59-38)60-39(35)62-34-25(48)20-16(43)7-15(42)8-17(20)58-32(34)13-3-5-14(41)6-4-13/h3-8,11-12,18-19,21-24,26-31,33,35-47,49-54H,9-10H2,1-2H3. The van der Waals surface area contributed by atoms with E-state index in [2.05, 4.69) is 0 Å². The van der Waals surface area contributed by atoms with E-state index < -0.39 is 164 Å². The van der Waals surface area contributed by atoms with Crippen molar-refractivity contribution >= 4 is 11.0 Å². The van der Waals surface area contributed by atoms with Gasteiger partial charge in [0.25, 0.3) is 0 Å². The number of aliphatic hydroxyl groups excluding tert-OH is 11. The Morgan fingerprint density at radius 3 is 1.81 bits per heavy atom. The third-order valence-corrected chi connectivity index (χ3v) is 11.4. The quantitative estimate of drug-likeness (QED) is 0.0859. The lowest BCUT2D eigenvalue weighted by atomic mass is 9.97. The minimum absolute atomic E-state index is 0.0931. The number of phenols is 3. The number of aliphatic hydroxyl groups is 11. The van der Waals surface area contributed by atoms with E-state index in [-0.39, 0.29) is 22.7 Å². The van der Waals surface area contributed by atoms with Crippen LogP contribution < -0.4 is 10.2 Å². The first-order chi connectivity index (χ1) is 29.8. The van der Waals surface area contributed by atoms with E-state index in [9.17, 15) is 76.3 Å². The van der Waals surface area contributed by atoms with E-state index in [1.165, 1.54) is 38.1 Å². The molecule has 2 aromatic carbocycles. The molecule has 4 fully saturated rings. The summed E-state index contributed by atoms with van der Waals surface area (Å²) in [4.78, 5) is 14.2. The number of fused-ring (bicyclic) bond motifs is 1. The minimum atomic E-state index is -2.09. The van der Waals surface area contributed by atoms with Gasteiger partial charge in [-0.2, -0.15) is 0 Å². The predicted octanol–water partition coefficient (Wildman–Crippen LogP) is -4.72. The van der Waals surface area contributed by atoms with E-state index >= 15 is 0 Å². The van der Waals surface area contributed by atoms with Crippen molar-refractivity contribution in [2.75, 3.05) is 13.2 Å². The van der Waals surface area contributed by atoms with E-state index in [1.807, 2.05) is 0 Å². The maximum Gasteiger partial charge on any atom is 0.239 e. The molecule has 0 amide bonds. The number of hydrogen-bond acceptors (Lipinski definition) is 24. The van der Waals surface area contributed by atoms with Gasteiger partial charge in [-0.1, -0.05) is 0 Å². The van der Waals surface area contributed by atoms with E-state index in [4.69, 9.17) is 42.3 Å². The molecule has 24 heteroatoms. The van der Waals surface area contributed by atoms with Crippen LogP contribution in [0, 0.1) is 0 Å². The molecule has 7 rings (SSSR count). The third kappa shape index (κ3) is 9.19. The molecule has 14 N–H and O–H groups in total. The van der Waals surface area contributed by atoms with Gasteiger partial charge >= 0.3 is 0 Å². The van der Waals surface area contributed by atoms with Gasteiger partial charge in [0, 0.05) is 17.7 Å². The van der Waals surface area contributed by atoms with Crippen molar-refractivity contribution in [1.82, 2.24) is 0 Å². The molecule has 4 aliphatic heterocycles. The summed E-state index contributed by atoms with van der Waals surface area (Å²) >= 11 is 0. The lowest BCUT2D eigenvalue weighted by Crippen LogP contribution is -2.65. The van der Waals surface area contributed by atoms with Gasteiger partial charge in [-0.15, -0.1) is 0 Å². The van der Waals surface area contributed by atoms with Crippen LogP contribution in [0.4, 0.5) is 0 Å². The van der Waals surface area contributed by atoms with Gasteiger partial charge in [0.05, 0.1) is 25.4 Å². The predicted molar refractivity (Wildman–Crippen MR) is 202 cm³/mol. The first kappa shape index (κ1) is 47.1. The summed E-state index contributed by atoms with van der Waals surface area (Å²) in [7, 11) is 0. The maximum atomic E-state index is 14.2. The Bertz CT molecular complexity index is 2080. The Morgan fingerprint density at radius 1 is 0.571 bits per heavy atom. The van der Waals surface area contributed by atoms with Gasteiger partial charge in [0.1, 0.15) is 108 Å². The number of rotatable bonds is 11. The zero-order valence-electron chi connectivity index (χ0n) is 33.3. The highest BCUT2D eigenvalue weighted by Gasteiger charge is 2.54. The summed E-state index contributed by atoms with van der Waals surface area (Å²) in [5, 5.41) is 148. The summed E-state index contributed by atoms with van der Waals surface area (Å²) in [5.74, 6) is -2.48. The number of ether oxygens (including phenoxy) is 8. The van der Waals surface area contributed by atoms with Crippen molar-refractivity contribution in [2.24, 2.45) is 0 Å². The van der Waals surface area contributed by atoms with Crippen LogP contribution in [-0.2, 0) is 33.2 Å². The van der Waals surface area contributed by atoms with Crippen molar-refractivity contribution in [1.29, 1.82) is 0 Å². The molecule has 0 bridgehead atoms. The number of phenolic OH excluding ortho intramolecular Hbond substituents is 3. The van der Waals surface area contributed by atoms with Gasteiger partial charge in [-0.05, 0) is 38.1 Å². The molecule has 0 radical (unpaired) electrons. The van der Waals surface area contributed by atoms with Crippen LogP contribution in [0.5, 0.6) is 23.0 Å². The van der Waals surface area contributed by atoms with Crippen LogP contribution in [0.2, 0.25) is 0 Å². The average Bonchev–Trinajstić information content (AvgIpc) is 3.24. The number of hydrogen-bond donors (Lipinski definition) is 14. The van der Waals surface area contributed by atoms with Crippen molar-refractivity contribution in [3.63, 3.8) is 0 Å². The average molecular weight is 903 g/mol. The molecule has 1 aromatic heterocycles. The van der Waals surface area contributed by atoms with Gasteiger partial charge in [0.2, 0.25) is 17.5 Å². The first-order valence-corrected chi connectivity index (χ1v) is 19.8. The van der Waals surface area contributed by atoms with Gasteiger partial charge in [0.15, 0.2) is 30.7 Å². The van der Waals surface area contributed by atoms with Crippen LogP contribution >= 0.6 is 0 Å². The highest BCUT2D eigenvalue weighted by Crippen LogP contribution is 2.39. The molecule has 0 aliphatic carbocycles. The Morgan fingerprint density at radius 2 is 1.14 bits per heavy atom. The summed E-state index contributed by atoms with van der Waals surface area (Å²) in [6.07, 6.45) is -34.9. The molecular weight excluding hydrogens is 852 g/mol. The Hall–Kier alpha value is -3.87. The summed E-state index contributed by atoms with van der Waals surface area (Å²) < 4.78 is 51.9. The number of aromatic hydroxyl groups is 3. The van der Waals surface area contributed by atoms with Crippen LogP contribution in [0.25, 0.3) is 22.3 Å². The first-order valence-electron chi connectivity index (χ1n) is 19.8. The zero-order chi connectivity index (χ0) is 45.8. The van der Waals surface area contributed by atoms with Crippen LogP contribution in [0.15, 0.2) is 45.6 Å². The van der Waals surface area contributed by atoms with E-state index in [0.717, 1.165) is 12.1 Å². The zero-order valence-corrected chi connectivity index (χ0v) is 33.3. The molecule has 5 heterocycles. The molecule has 0 spiro atoms. The molecule has 4 aliphatic rings. The Labute approximate surface area is 355 Å². The minimum Gasteiger partial charge on any atom is -0.508 e. The van der Waals surface area contributed by atoms with E-state index in [1.54, 1.807) is 0 Å².